The van der Waals surface area contributed by atoms with Crippen LogP contribution in [0.4, 0.5) is 17.6 Å². The normalized spacial score (nSPS) is 14.4. The van der Waals surface area contributed by atoms with Crippen molar-refractivity contribution in [1.29, 1.82) is 21.0 Å². The van der Waals surface area contributed by atoms with Gasteiger partial charge in [0.1, 0.15) is 69.0 Å². The summed E-state index contributed by atoms with van der Waals surface area (Å²) in [7, 11) is 3.31. The van der Waals surface area contributed by atoms with E-state index in [4.69, 9.17) is 46.9 Å². The van der Waals surface area contributed by atoms with Crippen molar-refractivity contribution in [3.8, 4) is 97.0 Å². The van der Waals surface area contributed by atoms with Crippen molar-refractivity contribution in [3.63, 3.8) is 0 Å². The summed E-state index contributed by atoms with van der Waals surface area (Å²) in [5.74, 6) is -5.24. The molecule has 17 aromatic rings. The highest BCUT2D eigenvalue weighted by atomic mass is 32.1. The van der Waals surface area contributed by atoms with Crippen LogP contribution < -0.4 is 9.47 Å². The van der Waals surface area contributed by atoms with E-state index < -0.39 is 56.8 Å². The van der Waals surface area contributed by atoms with E-state index in [1.165, 1.54) is 47.2 Å². The molecule has 0 N–H and O–H groups in total. The maximum absolute atomic E-state index is 14.8. The predicted octanol–water partition coefficient (Wildman–Crippen LogP) is 23.2. The van der Waals surface area contributed by atoms with E-state index in [-0.39, 0.29) is 55.9 Å². The Hall–Kier alpha value is -14.3. The molecule has 0 fully saturated rings. The minimum absolute atomic E-state index is 0.0830. The molecule has 21 rings (SSSR count). The third kappa shape index (κ3) is 11.1. The van der Waals surface area contributed by atoms with Crippen molar-refractivity contribution < 1.29 is 36.6 Å². The second kappa shape index (κ2) is 28.2. The van der Waals surface area contributed by atoms with Crippen molar-refractivity contribution in [2.24, 2.45) is 0 Å². The highest BCUT2D eigenvalue weighted by Gasteiger charge is 2.54. The third-order valence-corrected chi connectivity index (χ3v) is 29.4. The van der Waals surface area contributed by atoms with Gasteiger partial charge in [-0.25, -0.2) is 27.5 Å². The van der Waals surface area contributed by atoms with Gasteiger partial charge in [-0.15, -0.1) is 45.3 Å². The lowest BCUT2D eigenvalue weighted by molar-refractivity contribution is 0.103. The average molecular weight is 1700 g/mol. The van der Waals surface area contributed by atoms with Crippen LogP contribution in [0.15, 0.2) is 205 Å². The Balaban J connectivity index is 0.740. The van der Waals surface area contributed by atoms with E-state index in [1.54, 1.807) is 49.0 Å². The minimum atomic E-state index is -1.26. The predicted molar refractivity (Wildman–Crippen MR) is 468 cm³/mol. The molecule has 0 atom stereocenters. The van der Waals surface area contributed by atoms with Crippen molar-refractivity contribution in [2.45, 2.75) is 38.5 Å². The van der Waals surface area contributed by atoms with E-state index in [9.17, 15) is 48.2 Å². The fourth-order valence-electron chi connectivity index (χ4n) is 17.8. The van der Waals surface area contributed by atoms with Crippen LogP contribution in [0.25, 0.3) is 129 Å². The summed E-state index contributed by atoms with van der Waals surface area (Å²) in [5, 5.41) is 40.3. The molecule has 582 valence electrons. The zero-order valence-electron chi connectivity index (χ0n) is 64.4. The van der Waals surface area contributed by atoms with E-state index in [0.29, 0.717) is 66.8 Å². The Bertz CT molecular complexity index is 7350. The number of Topliss-reactive ketones (excluding diaryl/α,β-unsaturated/α-hetero) is 2. The van der Waals surface area contributed by atoms with Crippen molar-refractivity contribution in [1.82, 2.24) is 37.4 Å². The monoisotopic (exact) mass is 1700 g/mol. The quantitative estimate of drug-likeness (QED) is 0.0626. The summed E-state index contributed by atoms with van der Waals surface area (Å²) in [6.45, 7) is 8.40. The molecule has 26 heteroatoms. The lowest BCUT2D eigenvalue weighted by Crippen LogP contribution is -2.30. The number of ether oxygens (including phenoxy) is 2. The van der Waals surface area contributed by atoms with Gasteiger partial charge < -0.3 is 9.47 Å². The third-order valence-electron chi connectivity index (χ3n) is 23.3. The number of benzene rings is 9. The summed E-state index contributed by atoms with van der Waals surface area (Å²) < 4.78 is 91.2. The fraction of sp³-hybridized carbons (Fsp3) is 0.0833. The van der Waals surface area contributed by atoms with Crippen LogP contribution in [-0.4, -0.2) is 63.2 Å². The molecule has 0 radical (unpaired) electrons. The Kier molecular flexibility index (Phi) is 17.4. The van der Waals surface area contributed by atoms with Gasteiger partial charge in [-0.1, -0.05) is 119 Å². The summed E-state index contributed by atoms with van der Waals surface area (Å²) in [4.78, 5) is 55.4. The van der Waals surface area contributed by atoms with Crippen LogP contribution in [0.2, 0.25) is 0 Å². The number of allylic oxidation sites excluding steroid dienone is 6. The molecule has 0 saturated heterocycles. The molecule has 9 aromatic carbocycles. The zero-order valence-corrected chi connectivity index (χ0v) is 69.3. The number of carbonyl (C=O) groups is 2. The number of nitrogens with zero attached hydrogens (tertiary/aromatic N) is 12. The molecule has 0 spiro atoms. The van der Waals surface area contributed by atoms with Gasteiger partial charge in [0.05, 0.1) is 104 Å². The zero-order chi connectivity index (χ0) is 83.8. The van der Waals surface area contributed by atoms with Gasteiger partial charge in [0.2, 0.25) is 0 Å². The Labute approximate surface area is 715 Å². The summed E-state index contributed by atoms with van der Waals surface area (Å²) in [5.41, 5.74) is 16.6. The van der Waals surface area contributed by atoms with Crippen LogP contribution in [0.1, 0.15) is 110 Å². The number of methoxy groups -OCH3 is 2. The average Bonchev–Trinajstić information content (AvgIpc) is 1.50. The number of thiophene rings is 4. The first-order chi connectivity index (χ1) is 59.2. The van der Waals surface area contributed by atoms with Crippen molar-refractivity contribution in [2.75, 3.05) is 14.2 Å². The number of nitriles is 4. The number of rotatable bonds is 12. The van der Waals surface area contributed by atoms with Crippen molar-refractivity contribution >= 4 is 148 Å². The van der Waals surface area contributed by atoms with Gasteiger partial charge in [-0.05, 0) is 179 Å². The van der Waals surface area contributed by atoms with Crippen LogP contribution in [0.5, 0.6) is 11.5 Å². The Morgan fingerprint density at radius 1 is 0.377 bits per heavy atom. The SMILES string of the molecule is COc1cc(-c2c3ncc(/C=C4\C(=O)c5cc(F)c(F)cc5C4=C(C#N)C#N)nc3cc3nsnc23)sc1-c1cc2c(s1)-c1cc3c(cc1C2(c1ccc(C)cc1)c1ccc(C)cc1)-c1sc(-c2sc(-c4c5ncc(/C=C6\C(=O)c7cc(F)c(F)cc7C6=C(C#N)C#N)nc5cc5nsnc45)cc2OC)cc1C3(c1ccc(C)cc1)c1ccc(C)cc1. The Morgan fingerprint density at radius 2 is 0.713 bits per heavy atom. The number of fused-ring (bicyclic) bond motifs is 12. The molecule has 8 heterocycles. The molecule has 0 saturated carbocycles. The van der Waals surface area contributed by atoms with Crippen LogP contribution in [0.3, 0.4) is 0 Å². The van der Waals surface area contributed by atoms with E-state index in [2.05, 4.69) is 149 Å². The van der Waals surface area contributed by atoms with Gasteiger partial charge in [-0.3, -0.25) is 19.6 Å². The lowest BCUT2D eigenvalue weighted by Gasteiger charge is -2.35. The van der Waals surface area contributed by atoms with E-state index in [0.717, 1.165) is 165 Å². The molecule has 4 aliphatic carbocycles. The highest BCUT2D eigenvalue weighted by Crippen LogP contribution is 2.68. The van der Waals surface area contributed by atoms with Crippen LogP contribution in [0, 0.1) is 96.3 Å². The number of hydrogen-bond donors (Lipinski definition) is 0. The molecule has 8 aromatic heterocycles. The first kappa shape index (κ1) is 75.2. The van der Waals surface area contributed by atoms with Gasteiger partial charge in [-0.2, -0.15) is 38.5 Å². The number of hydrogen-bond acceptors (Lipinski definition) is 22. The van der Waals surface area contributed by atoms with Crippen molar-refractivity contribution in [3.05, 3.63) is 328 Å². The van der Waals surface area contributed by atoms with Crippen LogP contribution >= 0.6 is 68.8 Å². The van der Waals surface area contributed by atoms with E-state index in [1.807, 2.05) is 36.4 Å². The van der Waals surface area contributed by atoms with Gasteiger partial charge in [0, 0.05) is 73.8 Å². The molecule has 0 bridgehead atoms. The van der Waals surface area contributed by atoms with Gasteiger partial charge in [0.25, 0.3) is 0 Å². The first-order valence-corrected chi connectivity index (χ1v) is 42.6. The largest absolute Gasteiger partial charge is 0.495 e. The number of ketones is 2. The molecule has 4 aliphatic rings. The topological polar surface area (TPSA) is 251 Å². The minimum Gasteiger partial charge on any atom is -0.495 e. The molecular formula is C96H50F4N12O4S6. The smallest absolute Gasteiger partial charge is 0.194 e. The van der Waals surface area contributed by atoms with Crippen LogP contribution in [-0.2, 0) is 10.8 Å². The standard InChI is InChI=1S/C96H50F4N12O4S6/c1-43-7-15-49(16-8-43)95(50-17-9-44(2)10-18-50)63-25-60-64(26-59(63)91-65(95)31-79(119-91)93-75(115-5)35-77(117-93)83-85-71(33-73-87(83)111-121-109-73)107-53(41-105-85)23-61-81(47(37-101)38-102)55-27-67(97)69(99)29-57(55)89(61)113)96(51-19-11-45(3)12-20-51,52-21-13-46(4)14-22-52)66-32-80(120-92(60)66)94-76(116-6)36-78(118-94)84-86-72(34-74-88(84)112-122-110-74)108-54(42-106-86)24-62-82(48(39-103)40-104)56-28-68(98)70(100)30-58(56)90(62)114/h7-36,41-42H,1-6H3/b61-23-,62-24-. The second-order valence-electron chi connectivity index (χ2n) is 30.1. The number of aryl methyl sites for hydroxylation is 4. The first-order valence-electron chi connectivity index (χ1n) is 37.8. The highest BCUT2D eigenvalue weighted by molar-refractivity contribution is 7.26. The summed E-state index contributed by atoms with van der Waals surface area (Å²) in [6.07, 6.45) is 5.66. The summed E-state index contributed by atoms with van der Waals surface area (Å²) >= 11 is 8.49. The lowest BCUT2D eigenvalue weighted by atomic mass is 9.65. The maximum Gasteiger partial charge on any atom is 0.194 e. The molecule has 0 unspecified atom stereocenters. The second-order valence-corrected chi connectivity index (χ2v) is 35.3. The molecule has 0 aliphatic heterocycles. The number of aromatic nitrogens is 8. The maximum atomic E-state index is 14.8. The van der Waals surface area contributed by atoms with Gasteiger partial charge >= 0.3 is 0 Å². The van der Waals surface area contributed by atoms with Gasteiger partial charge in [0.15, 0.2) is 34.8 Å². The fourth-order valence-corrected chi connectivity index (χ4v) is 23.9. The number of halogens is 4. The molecule has 0 amide bonds. The Morgan fingerprint density at radius 3 is 1.05 bits per heavy atom. The molecule has 16 nitrogen and oxygen atoms in total. The number of carbonyl (C=O) groups excluding carboxylic acids is 2. The van der Waals surface area contributed by atoms with E-state index >= 15 is 0 Å². The summed E-state index contributed by atoms with van der Waals surface area (Å²) in [6, 6.07) is 63.0. The molecule has 122 heavy (non-hydrogen) atoms. The molecular weight excluding hydrogens is 1650 g/mol.